The Balaban J connectivity index is 2.21. The SMILES string of the molecule is COc1ccc(Br)c(CC(N)c2cncc(F)c2)c1. The van der Waals surface area contributed by atoms with E-state index in [1.165, 1.54) is 6.07 Å². The number of rotatable bonds is 4. The van der Waals surface area contributed by atoms with Gasteiger partial charge in [-0.2, -0.15) is 0 Å². The number of hydrogen-bond acceptors (Lipinski definition) is 3. The molecule has 0 saturated heterocycles. The lowest BCUT2D eigenvalue weighted by Crippen LogP contribution is -2.14. The first-order valence-corrected chi connectivity index (χ1v) is 6.58. The zero-order valence-electron chi connectivity index (χ0n) is 10.4. The van der Waals surface area contributed by atoms with Gasteiger partial charge >= 0.3 is 0 Å². The summed E-state index contributed by atoms with van der Waals surface area (Å²) >= 11 is 3.47. The summed E-state index contributed by atoms with van der Waals surface area (Å²) in [6, 6.07) is 6.78. The van der Waals surface area contributed by atoms with Crippen molar-refractivity contribution in [2.24, 2.45) is 5.73 Å². The molecule has 0 radical (unpaired) electrons. The molecule has 1 unspecified atom stereocenters. The summed E-state index contributed by atoms with van der Waals surface area (Å²) in [5, 5.41) is 0. The van der Waals surface area contributed by atoms with Crippen LogP contribution in [0, 0.1) is 5.82 Å². The first-order chi connectivity index (χ1) is 9.10. The van der Waals surface area contributed by atoms with Gasteiger partial charge in [0.2, 0.25) is 0 Å². The van der Waals surface area contributed by atoms with Crippen LogP contribution in [0.25, 0.3) is 0 Å². The Labute approximate surface area is 119 Å². The van der Waals surface area contributed by atoms with Crippen LogP contribution < -0.4 is 10.5 Å². The van der Waals surface area contributed by atoms with Crippen LogP contribution >= 0.6 is 15.9 Å². The number of methoxy groups -OCH3 is 1. The van der Waals surface area contributed by atoms with Gasteiger partial charge in [0.1, 0.15) is 11.6 Å². The molecule has 1 aromatic carbocycles. The molecule has 1 aromatic heterocycles. The standard InChI is InChI=1S/C14H14BrFN2O/c1-19-12-2-3-13(15)9(5-12)6-14(17)10-4-11(16)8-18-7-10/h2-5,7-8,14H,6,17H2,1H3. The molecule has 5 heteroatoms. The molecule has 1 heterocycles. The third-order valence-corrected chi connectivity index (χ3v) is 3.62. The molecule has 0 aliphatic heterocycles. The van der Waals surface area contributed by atoms with Gasteiger partial charge in [-0.3, -0.25) is 4.98 Å². The Bertz CT molecular complexity index is 577. The maximum atomic E-state index is 13.1. The van der Waals surface area contributed by atoms with Crippen molar-refractivity contribution in [2.75, 3.05) is 7.11 Å². The van der Waals surface area contributed by atoms with Gasteiger partial charge < -0.3 is 10.5 Å². The van der Waals surface area contributed by atoms with Gasteiger partial charge in [0, 0.05) is 16.7 Å². The number of halogens is 2. The zero-order valence-corrected chi connectivity index (χ0v) is 12.0. The predicted octanol–water partition coefficient (Wildman–Crippen LogP) is 3.23. The largest absolute Gasteiger partial charge is 0.497 e. The third-order valence-electron chi connectivity index (χ3n) is 2.85. The summed E-state index contributed by atoms with van der Waals surface area (Å²) in [5.41, 5.74) is 7.77. The molecule has 2 rings (SSSR count). The molecule has 3 nitrogen and oxygen atoms in total. The number of hydrogen-bond donors (Lipinski definition) is 1. The smallest absolute Gasteiger partial charge is 0.141 e. The lowest BCUT2D eigenvalue weighted by Gasteiger charge is -2.14. The van der Waals surface area contributed by atoms with Crippen molar-refractivity contribution in [1.29, 1.82) is 0 Å². The van der Waals surface area contributed by atoms with Gasteiger partial charge in [-0.1, -0.05) is 15.9 Å². The molecule has 2 N–H and O–H groups in total. The summed E-state index contributed by atoms with van der Waals surface area (Å²) in [4.78, 5) is 3.81. The molecule has 0 aliphatic carbocycles. The maximum Gasteiger partial charge on any atom is 0.141 e. The fourth-order valence-electron chi connectivity index (χ4n) is 1.82. The minimum absolute atomic E-state index is 0.313. The summed E-state index contributed by atoms with van der Waals surface area (Å²) in [6.45, 7) is 0. The van der Waals surface area contributed by atoms with Crippen LogP contribution in [0.1, 0.15) is 17.2 Å². The molecule has 1 atom stereocenters. The van der Waals surface area contributed by atoms with Crippen LogP contribution in [0.4, 0.5) is 4.39 Å². The third kappa shape index (κ3) is 3.52. The average molecular weight is 325 g/mol. The van der Waals surface area contributed by atoms with Crippen molar-refractivity contribution in [1.82, 2.24) is 4.98 Å². The number of nitrogens with two attached hydrogens (primary N) is 1. The Hall–Kier alpha value is -1.46. The van der Waals surface area contributed by atoms with Crippen LogP contribution in [0.15, 0.2) is 41.1 Å². The number of aromatic nitrogens is 1. The Morgan fingerprint density at radius 2 is 2.16 bits per heavy atom. The van der Waals surface area contributed by atoms with E-state index in [9.17, 15) is 4.39 Å². The van der Waals surface area contributed by atoms with Crippen LogP contribution in [-0.4, -0.2) is 12.1 Å². The Kier molecular flexibility index (Phi) is 4.50. The lowest BCUT2D eigenvalue weighted by molar-refractivity contribution is 0.414. The second-order valence-corrected chi connectivity index (χ2v) is 5.06. The van der Waals surface area contributed by atoms with Gasteiger partial charge in [-0.15, -0.1) is 0 Å². The monoisotopic (exact) mass is 324 g/mol. The summed E-state index contributed by atoms with van der Waals surface area (Å²) in [6.07, 6.45) is 3.32. The lowest BCUT2D eigenvalue weighted by atomic mass is 10.0. The van der Waals surface area contributed by atoms with Crippen molar-refractivity contribution < 1.29 is 9.13 Å². The number of ether oxygens (including phenoxy) is 1. The van der Waals surface area contributed by atoms with Crippen LogP contribution in [0.5, 0.6) is 5.75 Å². The Morgan fingerprint density at radius 1 is 1.37 bits per heavy atom. The van der Waals surface area contributed by atoms with Crippen molar-refractivity contribution in [2.45, 2.75) is 12.5 Å². The molecule has 0 amide bonds. The fourth-order valence-corrected chi connectivity index (χ4v) is 2.23. The molecule has 0 bridgehead atoms. The highest BCUT2D eigenvalue weighted by Crippen LogP contribution is 2.26. The molecule has 0 spiro atoms. The molecule has 19 heavy (non-hydrogen) atoms. The van der Waals surface area contributed by atoms with Crippen molar-refractivity contribution in [3.8, 4) is 5.75 Å². The molecule has 0 fully saturated rings. The highest BCUT2D eigenvalue weighted by molar-refractivity contribution is 9.10. The van der Waals surface area contributed by atoms with E-state index >= 15 is 0 Å². The molecular weight excluding hydrogens is 311 g/mol. The summed E-state index contributed by atoms with van der Waals surface area (Å²) in [5.74, 6) is 0.389. The first kappa shape index (κ1) is 14.0. The molecule has 2 aromatic rings. The number of nitrogens with zero attached hydrogens (tertiary/aromatic N) is 1. The number of benzene rings is 1. The molecule has 0 aliphatic rings. The summed E-state index contributed by atoms with van der Waals surface area (Å²) < 4.78 is 19.3. The van der Waals surface area contributed by atoms with E-state index in [0.29, 0.717) is 12.0 Å². The summed E-state index contributed by atoms with van der Waals surface area (Å²) in [7, 11) is 1.61. The Morgan fingerprint density at radius 3 is 2.84 bits per heavy atom. The van der Waals surface area contributed by atoms with Gasteiger partial charge in [0.05, 0.1) is 13.3 Å². The van der Waals surface area contributed by atoms with E-state index in [1.54, 1.807) is 13.3 Å². The highest BCUT2D eigenvalue weighted by atomic mass is 79.9. The minimum atomic E-state index is -0.377. The van der Waals surface area contributed by atoms with E-state index in [2.05, 4.69) is 20.9 Å². The van der Waals surface area contributed by atoms with Gasteiger partial charge in [0.15, 0.2) is 0 Å². The first-order valence-electron chi connectivity index (χ1n) is 5.78. The van der Waals surface area contributed by atoms with Crippen LogP contribution in [0.3, 0.4) is 0 Å². The predicted molar refractivity (Wildman–Crippen MR) is 75.5 cm³/mol. The minimum Gasteiger partial charge on any atom is -0.497 e. The molecular formula is C14H14BrFN2O. The van der Waals surface area contributed by atoms with E-state index in [1.807, 2.05) is 18.2 Å². The fraction of sp³-hybridized carbons (Fsp3) is 0.214. The van der Waals surface area contributed by atoms with Crippen LogP contribution in [-0.2, 0) is 6.42 Å². The van der Waals surface area contributed by atoms with Gasteiger partial charge in [-0.25, -0.2) is 4.39 Å². The quantitative estimate of drug-likeness (QED) is 0.939. The second-order valence-electron chi connectivity index (χ2n) is 4.20. The zero-order chi connectivity index (χ0) is 13.8. The number of pyridine rings is 1. The van der Waals surface area contributed by atoms with Crippen LogP contribution in [0.2, 0.25) is 0 Å². The van der Waals surface area contributed by atoms with Gasteiger partial charge in [0.25, 0.3) is 0 Å². The van der Waals surface area contributed by atoms with Gasteiger partial charge in [-0.05, 0) is 41.8 Å². The molecule has 100 valence electrons. The van der Waals surface area contributed by atoms with Crippen molar-refractivity contribution in [3.05, 3.63) is 58.1 Å². The van der Waals surface area contributed by atoms with Crippen molar-refractivity contribution >= 4 is 15.9 Å². The second kappa shape index (κ2) is 6.12. The molecule has 0 saturated carbocycles. The van der Waals surface area contributed by atoms with Crippen molar-refractivity contribution in [3.63, 3.8) is 0 Å². The van der Waals surface area contributed by atoms with E-state index in [4.69, 9.17) is 10.5 Å². The van der Waals surface area contributed by atoms with E-state index < -0.39 is 0 Å². The normalized spacial score (nSPS) is 12.2. The highest BCUT2D eigenvalue weighted by Gasteiger charge is 2.11. The average Bonchev–Trinajstić information content (AvgIpc) is 2.41. The maximum absolute atomic E-state index is 13.1. The van der Waals surface area contributed by atoms with E-state index in [-0.39, 0.29) is 11.9 Å². The topological polar surface area (TPSA) is 48.1 Å². The van der Waals surface area contributed by atoms with E-state index in [0.717, 1.165) is 22.0 Å².